The molecule has 2 fully saturated rings. The lowest BCUT2D eigenvalue weighted by Gasteiger charge is -2.34. The van der Waals surface area contributed by atoms with Crippen LogP contribution in [0.1, 0.15) is 55.5 Å². The molecule has 2 aliphatic rings. The van der Waals surface area contributed by atoms with Crippen molar-refractivity contribution < 1.29 is 13.2 Å². The summed E-state index contributed by atoms with van der Waals surface area (Å²) in [5.74, 6) is 0.924. The quantitative estimate of drug-likeness (QED) is 0.650. The van der Waals surface area contributed by atoms with Gasteiger partial charge in [0, 0.05) is 50.6 Å². The standard InChI is InChI=1S/C26H36N4O3S/c1-19(2)21-4-7-23(8-5-21)34(32,33)28-22-6-9-25(29-16-12-27-13-17-29)24(18-22)26(31)30-14-10-20(3)11-15-30/h4-9,18-20,27-28H,10-17H2,1-3H3. The maximum Gasteiger partial charge on any atom is 0.261 e. The van der Waals surface area contributed by atoms with E-state index in [9.17, 15) is 13.2 Å². The second-order valence-electron chi connectivity index (χ2n) is 9.77. The molecule has 1 amide bonds. The molecule has 0 saturated carbocycles. The number of nitrogens with zero attached hydrogens (tertiary/aromatic N) is 2. The summed E-state index contributed by atoms with van der Waals surface area (Å²) in [6, 6.07) is 12.3. The van der Waals surface area contributed by atoms with Crippen LogP contribution in [0.2, 0.25) is 0 Å². The zero-order chi connectivity index (χ0) is 24.3. The topological polar surface area (TPSA) is 81.8 Å². The summed E-state index contributed by atoms with van der Waals surface area (Å²) in [5.41, 5.74) is 2.92. The molecule has 0 radical (unpaired) electrons. The predicted octanol–water partition coefficient (Wildman–Crippen LogP) is 3.89. The van der Waals surface area contributed by atoms with E-state index in [4.69, 9.17) is 0 Å². The molecular formula is C26H36N4O3S. The number of hydrogen-bond donors (Lipinski definition) is 2. The SMILES string of the molecule is CC1CCN(C(=O)c2cc(NS(=O)(=O)c3ccc(C(C)C)cc3)ccc2N2CCNCC2)CC1. The van der Waals surface area contributed by atoms with Gasteiger partial charge >= 0.3 is 0 Å². The van der Waals surface area contributed by atoms with E-state index in [0.717, 1.165) is 63.4 Å². The van der Waals surface area contributed by atoms with Gasteiger partial charge in [-0.15, -0.1) is 0 Å². The molecule has 0 aliphatic carbocycles. The van der Waals surface area contributed by atoms with Crippen LogP contribution in [0.15, 0.2) is 47.4 Å². The number of carbonyl (C=O) groups is 1. The Morgan fingerprint density at radius 1 is 1.00 bits per heavy atom. The summed E-state index contributed by atoms with van der Waals surface area (Å²) in [6.45, 7) is 11.2. The fraction of sp³-hybridized carbons (Fsp3) is 0.500. The highest BCUT2D eigenvalue weighted by Gasteiger charge is 2.26. The summed E-state index contributed by atoms with van der Waals surface area (Å²) in [7, 11) is -3.77. The summed E-state index contributed by atoms with van der Waals surface area (Å²) in [5, 5.41) is 3.34. The first-order valence-electron chi connectivity index (χ1n) is 12.3. The van der Waals surface area contributed by atoms with Gasteiger partial charge < -0.3 is 15.1 Å². The fourth-order valence-corrected chi connectivity index (χ4v) is 5.63. The minimum atomic E-state index is -3.77. The van der Waals surface area contributed by atoms with Crippen LogP contribution in [0.5, 0.6) is 0 Å². The third-order valence-corrected chi connectivity index (χ3v) is 8.26. The van der Waals surface area contributed by atoms with Gasteiger partial charge in [0.2, 0.25) is 0 Å². The van der Waals surface area contributed by atoms with E-state index < -0.39 is 10.0 Å². The van der Waals surface area contributed by atoms with Crippen LogP contribution in [-0.2, 0) is 10.0 Å². The average Bonchev–Trinajstić information content (AvgIpc) is 2.84. The predicted molar refractivity (Wildman–Crippen MR) is 137 cm³/mol. The average molecular weight is 485 g/mol. The van der Waals surface area contributed by atoms with Crippen LogP contribution >= 0.6 is 0 Å². The van der Waals surface area contributed by atoms with Crippen molar-refractivity contribution in [3.8, 4) is 0 Å². The van der Waals surface area contributed by atoms with Crippen molar-refractivity contribution in [1.82, 2.24) is 10.2 Å². The van der Waals surface area contributed by atoms with Crippen molar-refractivity contribution in [2.75, 3.05) is 48.9 Å². The lowest BCUT2D eigenvalue weighted by atomic mass is 9.98. The number of likely N-dealkylation sites (tertiary alicyclic amines) is 1. The number of anilines is 2. The Bertz CT molecular complexity index is 1100. The number of carbonyl (C=O) groups excluding carboxylic acids is 1. The van der Waals surface area contributed by atoms with Crippen LogP contribution < -0.4 is 14.9 Å². The summed E-state index contributed by atoms with van der Waals surface area (Å²) < 4.78 is 28.8. The Kier molecular flexibility index (Phi) is 7.48. The third-order valence-electron chi connectivity index (χ3n) is 6.86. The molecule has 2 saturated heterocycles. The number of amides is 1. The zero-order valence-electron chi connectivity index (χ0n) is 20.4. The van der Waals surface area contributed by atoms with Gasteiger partial charge in [-0.3, -0.25) is 9.52 Å². The number of sulfonamides is 1. The molecule has 2 aliphatic heterocycles. The monoisotopic (exact) mass is 484 g/mol. The number of benzene rings is 2. The lowest BCUT2D eigenvalue weighted by molar-refractivity contribution is 0.0698. The number of hydrogen-bond acceptors (Lipinski definition) is 5. The lowest BCUT2D eigenvalue weighted by Crippen LogP contribution is -2.45. The highest BCUT2D eigenvalue weighted by molar-refractivity contribution is 7.92. The number of piperidine rings is 1. The van der Waals surface area contributed by atoms with Crippen LogP contribution in [-0.4, -0.2) is 58.5 Å². The van der Waals surface area contributed by atoms with E-state index in [0.29, 0.717) is 23.1 Å². The molecule has 2 heterocycles. The van der Waals surface area contributed by atoms with Gasteiger partial charge in [0.15, 0.2) is 0 Å². The molecule has 0 aromatic heterocycles. The normalized spacial score (nSPS) is 17.8. The molecule has 0 bridgehead atoms. The molecule has 4 rings (SSSR count). The van der Waals surface area contributed by atoms with Gasteiger partial charge in [0.1, 0.15) is 0 Å². The maximum absolute atomic E-state index is 13.6. The largest absolute Gasteiger partial charge is 0.368 e. The molecular weight excluding hydrogens is 448 g/mol. The first-order valence-corrected chi connectivity index (χ1v) is 13.7. The van der Waals surface area contributed by atoms with Crippen molar-refractivity contribution in [3.05, 3.63) is 53.6 Å². The Hall–Kier alpha value is -2.58. The summed E-state index contributed by atoms with van der Waals surface area (Å²) >= 11 is 0. The van der Waals surface area contributed by atoms with Gasteiger partial charge in [-0.2, -0.15) is 0 Å². The Morgan fingerprint density at radius 2 is 1.65 bits per heavy atom. The second kappa shape index (κ2) is 10.4. The van der Waals surface area contributed by atoms with E-state index in [1.54, 1.807) is 24.3 Å². The molecule has 0 atom stereocenters. The molecule has 2 aromatic carbocycles. The van der Waals surface area contributed by atoms with Crippen molar-refractivity contribution >= 4 is 27.3 Å². The molecule has 184 valence electrons. The number of nitrogens with one attached hydrogen (secondary N) is 2. The van der Waals surface area contributed by atoms with E-state index in [2.05, 4.69) is 35.7 Å². The van der Waals surface area contributed by atoms with E-state index >= 15 is 0 Å². The molecule has 2 aromatic rings. The highest BCUT2D eigenvalue weighted by Crippen LogP contribution is 2.29. The van der Waals surface area contributed by atoms with Gasteiger partial charge in [-0.25, -0.2) is 8.42 Å². The molecule has 8 heteroatoms. The van der Waals surface area contributed by atoms with Crippen LogP contribution in [0.25, 0.3) is 0 Å². The van der Waals surface area contributed by atoms with E-state index in [1.165, 1.54) is 0 Å². The van der Waals surface area contributed by atoms with Crippen LogP contribution in [0.3, 0.4) is 0 Å². The summed E-state index contributed by atoms with van der Waals surface area (Å²) in [4.78, 5) is 17.9. The van der Waals surface area contributed by atoms with Crippen molar-refractivity contribution in [2.24, 2.45) is 5.92 Å². The van der Waals surface area contributed by atoms with Gasteiger partial charge in [-0.05, 0) is 60.6 Å². The van der Waals surface area contributed by atoms with Crippen LogP contribution in [0.4, 0.5) is 11.4 Å². The smallest absolute Gasteiger partial charge is 0.261 e. The Labute approximate surface area is 203 Å². The van der Waals surface area contributed by atoms with Crippen molar-refractivity contribution in [2.45, 2.75) is 44.4 Å². The Balaban J connectivity index is 1.62. The number of piperazine rings is 1. The van der Waals surface area contributed by atoms with Gasteiger partial charge in [0.25, 0.3) is 15.9 Å². The zero-order valence-corrected chi connectivity index (χ0v) is 21.2. The summed E-state index contributed by atoms with van der Waals surface area (Å²) in [6.07, 6.45) is 1.99. The maximum atomic E-state index is 13.6. The molecule has 0 unspecified atom stereocenters. The minimum absolute atomic E-state index is 0.0252. The van der Waals surface area contributed by atoms with E-state index in [1.807, 2.05) is 23.1 Å². The van der Waals surface area contributed by atoms with Gasteiger partial charge in [-0.1, -0.05) is 32.9 Å². The third kappa shape index (κ3) is 5.55. The fourth-order valence-electron chi connectivity index (χ4n) is 4.58. The highest BCUT2D eigenvalue weighted by atomic mass is 32.2. The first kappa shape index (κ1) is 24.5. The Morgan fingerprint density at radius 3 is 2.26 bits per heavy atom. The first-order chi connectivity index (χ1) is 16.2. The molecule has 34 heavy (non-hydrogen) atoms. The molecule has 2 N–H and O–H groups in total. The molecule has 7 nitrogen and oxygen atoms in total. The van der Waals surface area contributed by atoms with Crippen LogP contribution in [0, 0.1) is 5.92 Å². The van der Waals surface area contributed by atoms with E-state index in [-0.39, 0.29) is 10.8 Å². The van der Waals surface area contributed by atoms with Gasteiger partial charge in [0.05, 0.1) is 10.5 Å². The molecule has 0 spiro atoms. The second-order valence-corrected chi connectivity index (χ2v) is 11.5. The van der Waals surface area contributed by atoms with Crippen molar-refractivity contribution in [1.29, 1.82) is 0 Å². The van der Waals surface area contributed by atoms with Crippen molar-refractivity contribution in [3.63, 3.8) is 0 Å². The minimum Gasteiger partial charge on any atom is -0.368 e. The number of rotatable bonds is 6.